The van der Waals surface area contributed by atoms with Crippen molar-refractivity contribution in [3.63, 3.8) is 0 Å². The van der Waals surface area contributed by atoms with Crippen LogP contribution in [0.25, 0.3) is 11.1 Å². The molecule has 0 unspecified atom stereocenters. The molecule has 0 atom stereocenters. The number of esters is 1. The van der Waals surface area contributed by atoms with E-state index in [0.29, 0.717) is 10.6 Å². The van der Waals surface area contributed by atoms with Gasteiger partial charge in [-0.1, -0.05) is 48.0 Å². The molecule has 2 rings (SSSR count). The summed E-state index contributed by atoms with van der Waals surface area (Å²) in [5.41, 5.74) is 3.42. The number of rotatable bonds is 3. The van der Waals surface area contributed by atoms with Crippen molar-refractivity contribution in [2.45, 2.75) is 6.92 Å². The van der Waals surface area contributed by atoms with Gasteiger partial charge in [-0.25, -0.2) is 4.79 Å². The van der Waals surface area contributed by atoms with Gasteiger partial charge in [-0.05, 0) is 45.6 Å². The number of hydrogen-bond donors (Lipinski definition) is 0. The predicted molar refractivity (Wildman–Crippen MR) is 80.8 cm³/mol. The molecule has 2 aromatic carbocycles. The van der Waals surface area contributed by atoms with Crippen molar-refractivity contribution in [2.75, 3.05) is 5.52 Å². The Kier molecular flexibility index (Phi) is 4.61. The van der Waals surface area contributed by atoms with Gasteiger partial charge in [0, 0.05) is 0 Å². The Bertz CT molecular complexity index is 597. The highest BCUT2D eigenvalue weighted by atomic mass is 79.9. The van der Waals surface area contributed by atoms with E-state index in [9.17, 15) is 4.79 Å². The van der Waals surface area contributed by atoms with Crippen LogP contribution in [0.4, 0.5) is 0 Å². The van der Waals surface area contributed by atoms with E-state index in [1.165, 1.54) is 0 Å². The molecule has 0 radical (unpaired) electrons. The Labute approximate surface area is 125 Å². The van der Waals surface area contributed by atoms with Gasteiger partial charge in [0.15, 0.2) is 0 Å². The molecule has 0 bridgehead atoms. The molecular formula is C15H12BrClO2. The maximum atomic E-state index is 11.9. The molecule has 2 aromatic rings. The van der Waals surface area contributed by atoms with Crippen LogP contribution in [0.5, 0.6) is 0 Å². The molecule has 0 N–H and O–H groups in total. The molecule has 0 aliphatic rings. The molecule has 0 aliphatic heterocycles. The highest BCUT2D eigenvalue weighted by Gasteiger charge is 2.17. The molecule has 0 amide bonds. The molecule has 0 aromatic heterocycles. The summed E-state index contributed by atoms with van der Waals surface area (Å²) < 4.78 is 4.97. The molecular weight excluding hydrogens is 328 g/mol. The van der Waals surface area contributed by atoms with Crippen LogP contribution >= 0.6 is 27.5 Å². The predicted octanol–water partition coefficient (Wildman–Crippen LogP) is 4.82. The molecule has 19 heavy (non-hydrogen) atoms. The first-order chi connectivity index (χ1) is 9.15. The Balaban J connectivity index is 2.55. The summed E-state index contributed by atoms with van der Waals surface area (Å²) in [6.45, 7) is 1.87. The van der Waals surface area contributed by atoms with Crippen molar-refractivity contribution < 1.29 is 9.53 Å². The number of hydrogen-bond acceptors (Lipinski definition) is 2. The highest BCUT2D eigenvalue weighted by molar-refractivity contribution is 9.09. The summed E-state index contributed by atoms with van der Waals surface area (Å²) in [7, 11) is 0. The lowest BCUT2D eigenvalue weighted by Crippen LogP contribution is -2.07. The third-order valence-corrected chi connectivity index (χ3v) is 3.43. The number of carbonyl (C=O) groups is 1. The number of alkyl halides is 1. The van der Waals surface area contributed by atoms with Crippen LogP contribution in [0.1, 0.15) is 15.9 Å². The van der Waals surface area contributed by atoms with Crippen LogP contribution in [-0.2, 0) is 4.74 Å². The van der Waals surface area contributed by atoms with E-state index < -0.39 is 5.97 Å². The van der Waals surface area contributed by atoms with Crippen molar-refractivity contribution >= 4 is 33.5 Å². The summed E-state index contributed by atoms with van der Waals surface area (Å²) in [5, 5.41) is 0.406. The SMILES string of the molecule is Cc1c(-c2ccccc2)ccc(Cl)c1C(=O)OCBr. The average Bonchev–Trinajstić information content (AvgIpc) is 2.40. The summed E-state index contributed by atoms with van der Waals surface area (Å²) in [6.07, 6.45) is 0. The fourth-order valence-corrected chi connectivity index (χ4v) is 2.47. The van der Waals surface area contributed by atoms with Crippen LogP contribution in [0.15, 0.2) is 42.5 Å². The van der Waals surface area contributed by atoms with Gasteiger partial charge in [0.2, 0.25) is 0 Å². The third kappa shape index (κ3) is 2.99. The standard InChI is InChI=1S/C15H12BrClO2/c1-10-12(11-5-3-2-4-6-11)7-8-13(17)14(10)15(18)19-9-16/h2-8H,9H2,1H3. The van der Waals surface area contributed by atoms with Gasteiger partial charge in [0.05, 0.1) is 10.6 Å². The third-order valence-electron chi connectivity index (χ3n) is 2.89. The monoisotopic (exact) mass is 338 g/mol. The minimum Gasteiger partial charge on any atom is -0.450 e. The number of halogens is 2. The van der Waals surface area contributed by atoms with Gasteiger partial charge < -0.3 is 4.74 Å². The van der Waals surface area contributed by atoms with E-state index in [1.807, 2.05) is 43.3 Å². The van der Waals surface area contributed by atoms with E-state index in [2.05, 4.69) is 15.9 Å². The highest BCUT2D eigenvalue weighted by Crippen LogP contribution is 2.30. The van der Waals surface area contributed by atoms with Gasteiger partial charge in [-0.15, -0.1) is 0 Å². The smallest absolute Gasteiger partial charge is 0.340 e. The summed E-state index contributed by atoms with van der Waals surface area (Å²) in [5.74, 6) is -0.419. The lowest BCUT2D eigenvalue weighted by Gasteiger charge is -2.12. The minimum absolute atomic E-state index is 0.150. The second kappa shape index (κ2) is 6.22. The number of benzene rings is 2. The summed E-state index contributed by atoms with van der Waals surface area (Å²) in [4.78, 5) is 11.9. The van der Waals surface area contributed by atoms with Crippen molar-refractivity contribution in [1.82, 2.24) is 0 Å². The fraction of sp³-hybridized carbons (Fsp3) is 0.133. The summed E-state index contributed by atoms with van der Waals surface area (Å²) in [6, 6.07) is 13.5. The first kappa shape index (κ1) is 14.1. The number of ether oxygens (including phenoxy) is 1. The van der Waals surface area contributed by atoms with Gasteiger partial charge in [0.1, 0.15) is 5.52 Å². The van der Waals surface area contributed by atoms with Gasteiger partial charge >= 0.3 is 5.97 Å². The van der Waals surface area contributed by atoms with E-state index in [-0.39, 0.29) is 5.52 Å². The molecule has 0 aliphatic carbocycles. The first-order valence-electron chi connectivity index (χ1n) is 5.72. The minimum atomic E-state index is -0.419. The maximum Gasteiger partial charge on any atom is 0.340 e. The molecule has 0 spiro atoms. The molecule has 2 nitrogen and oxygen atoms in total. The second-order valence-corrected chi connectivity index (χ2v) is 4.87. The normalized spacial score (nSPS) is 10.3. The van der Waals surface area contributed by atoms with Crippen LogP contribution < -0.4 is 0 Å². The molecule has 0 saturated carbocycles. The molecule has 0 saturated heterocycles. The van der Waals surface area contributed by atoms with Crippen LogP contribution in [-0.4, -0.2) is 11.5 Å². The molecule has 4 heteroatoms. The lowest BCUT2D eigenvalue weighted by atomic mass is 9.96. The van der Waals surface area contributed by atoms with Crippen molar-refractivity contribution in [2.24, 2.45) is 0 Å². The summed E-state index contributed by atoms with van der Waals surface area (Å²) >= 11 is 9.18. The van der Waals surface area contributed by atoms with Crippen LogP contribution in [0.2, 0.25) is 5.02 Å². The fourth-order valence-electron chi connectivity index (χ4n) is 1.98. The van der Waals surface area contributed by atoms with Crippen LogP contribution in [0.3, 0.4) is 0 Å². The van der Waals surface area contributed by atoms with Gasteiger partial charge in [0.25, 0.3) is 0 Å². The Hall–Kier alpha value is -1.32. The van der Waals surface area contributed by atoms with Gasteiger partial charge in [-0.2, -0.15) is 0 Å². The molecule has 0 fully saturated rings. The van der Waals surface area contributed by atoms with E-state index >= 15 is 0 Å². The zero-order valence-corrected chi connectivity index (χ0v) is 12.7. The van der Waals surface area contributed by atoms with Crippen molar-refractivity contribution in [3.05, 3.63) is 58.6 Å². The maximum absolute atomic E-state index is 11.9. The Morgan fingerprint density at radius 3 is 2.53 bits per heavy atom. The zero-order chi connectivity index (χ0) is 13.8. The first-order valence-corrected chi connectivity index (χ1v) is 7.22. The number of carbonyl (C=O) groups excluding carboxylic acids is 1. The van der Waals surface area contributed by atoms with E-state index in [1.54, 1.807) is 6.07 Å². The topological polar surface area (TPSA) is 26.3 Å². The average molecular weight is 340 g/mol. The Morgan fingerprint density at radius 2 is 1.89 bits per heavy atom. The Morgan fingerprint density at radius 1 is 1.21 bits per heavy atom. The lowest BCUT2D eigenvalue weighted by molar-refractivity contribution is 0.0583. The van der Waals surface area contributed by atoms with E-state index in [4.69, 9.17) is 16.3 Å². The van der Waals surface area contributed by atoms with Crippen molar-refractivity contribution in [1.29, 1.82) is 0 Å². The molecule has 0 heterocycles. The van der Waals surface area contributed by atoms with Crippen molar-refractivity contribution in [3.8, 4) is 11.1 Å². The van der Waals surface area contributed by atoms with Gasteiger partial charge in [-0.3, -0.25) is 0 Å². The largest absolute Gasteiger partial charge is 0.450 e. The van der Waals surface area contributed by atoms with E-state index in [0.717, 1.165) is 16.7 Å². The van der Waals surface area contributed by atoms with Crippen LogP contribution in [0, 0.1) is 6.92 Å². The molecule has 98 valence electrons. The zero-order valence-electron chi connectivity index (χ0n) is 10.3. The second-order valence-electron chi connectivity index (χ2n) is 4.00. The quantitative estimate of drug-likeness (QED) is 0.591.